The van der Waals surface area contributed by atoms with Crippen LogP contribution in [0.1, 0.15) is 32.7 Å². The molecule has 1 atom stereocenters. The Bertz CT molecular complexity index is 1440. The van der Waals surface area contributed by atoms with Crippen molar-refractivity contribution in [3.05, 3.63) is 98.9 Å². The number of Topliss-reactive ketones (excluding diaryl/α,β-unsaturated/α-hetero) is 1. The summed E-state index contributed by atoms with van der Waals surface area (Å²) in [4.78, 5) is 33.1. The van der Waals surface area contributed by atoms with E-state index >= 15 is 0 Å². The number of aliphatic hydroxyl groups is 1. The minimum absolute atomic E-state index is 0.0423. The number of thiazole rings is 1. The fourth-order valence-electron chi connectivity index (χ4n) is 3.93. The van der Waals surface area contributed by atoms with E-state index in [1.165, 1.54) is 16.2 Å². The van der Waals surface area contributed by atoms with Crippen molar-refractivity contribution in [1.29, 1.82) is 0 Å². The fraction of sp³-hybridized carbons (Fsp3) is 0.120. The van der Waals surface area contributed by atoms with Crippen molar-refractivity contribution in [2.24, 2.45) is 0 Å². The maximum Gasteiger partial charge on any atom is 0.295 e. The van der Waals surface area contributed by atoms with E-state index in [1.807, 2.05) is 30.3 Å². The predicted molar refractivity (Wildman–Crippen MR) is 129 cm³/mol. The molecule has 1 aliphatic rings. The Morgan fingerprint density at radius 3 is 2.47 bits per heavy atom. The van der Waals surface area contributed by atoms with Crippen LogP contribution in [0.5, 0.6) is 0 Å². The largest absolute Gasteiger partial charge is 0.503 e. The summed E-state index contributed by atoms with van der Waals surface area (Å²) in [6, 6.07) is 16.9. The summed E-state index contributed by atoms with van der Waals surface area (Å²) >= 11 is 7.29. The summed E-state index contributed by atoms with van der Waals surface area (Å²) in [7, 11) is 0. The van der Waals surface area contributed by atoms with Crippen molar-refractivity contribution < 1.29 is 19.2 Å². The molecule has 0 aliphatic carbocycles. The Kier molecular flexibility index (Phi) is 5.55. The lowest BCUT2D eigenvalue weighted by Crippen LogP contribution is -2.31. The van der Waals surface area contributed by atoms with Gasteiger partial charge in [0.15, 0.2) is 11.6 Å². The SMILES string of the molecule is Cc1cc(N2C(=O)C(O)=C(C(=O)c3sc(-c4ccccc4)nc3C)[C@@H]2c2ccc(Cl)cc2)no1. The van der Waals surface area contributed by atoms with Crippen LogP contribution in [0, 0.1) is 13.8 Å². The topological polar surface area (TPSA) is 96.5 Å². The number of carbonyl (C=O) groups excluding carboxylic acids is 2. The van der Waals surface area contributed by atoms with E-state index in [2.05, 4.69) is 10.1 Å². The van der Waals surface area contributed by atoms with Crippen LogP contribution in [0.15, 0.2) is 76.5 Å². The lowest BCUT2D eigenvalue weighted by molar-refractivity contribution is -0.117. The second kappa shape index (κ2) is 8.55. The third kappa shape index (κ3) is 3.70. The maximum absolute atomic E-state index is 13.8. The molecule has 1 aliphatic heterocycles. The molecule has 2 aromatic carbocycles. The maximum atomic E-state index is 13.8. The number of aryl methyl sites for hydroxylation is 2. The molecule has 0 unspecified atom stereocenters. The van der Waals surface area contributed by atoms with Gasteiger partial charge in [-0.2, -0.15) is 0 Å². The van der Waals surface area contributed by atoms with Gasteiger partial charge in [-0.1, -0.05) is 59.2 Å². The third-order valence-corrected chi connectivity index (χ3v) is 6.98. The Hall–Kier alpha value is -3.75. The van der Waals surface area contributed by atoms with E-state index in [4.69, 9.17) is 16.1 Å². The second-order valence-corrected chi connectivity index (χ2v) is 9.25. The van der Waals surface area contributed by atoms with E-state index in [-0.39, 0.29) is 11.4 Å². The average Bonchev–Trinajstić information content (AvgIpc) is 3.51. The molecule has 2 aromatic heterocycles. The van der Waals surface area contributed by atoms with Crippen molar-refractivity contribution in [2.45, 2.75) is 19.9 Å². The number of ketones is 1. The standard InChI is InChI=1S/C25H18ClN3O4S/c1-13-12-18(28-33-13)29-20(15-8-10-17(26)11-9-15)19(22(31)25(29)32)21(30)23-14(2)27-24(34-23)16-6-4-3-5-7-16/h3-12,20,31H,1-2H3/t20-/m0/s1. The molecule has 0 saturated carbocycles. The molecule has 5 rings (SSSR count). The zero-order valence-corrected chi connectivity index (χ0v) is 19.7. The number of nitrogens with zero attached hydrogens (tertiary/aromatic N) is 3. The molecule has 0 spiro atoms. The smallest absolute Gasteiger partial charge is 0.295 e. The number of rotatable bonds is 5. The predicted octanol–water partition coefficient (Wildman–Crippen LogP) is 5.85. The molecule has 3 heterocycles. The van der Waals surface area contributed by atoms with E-state index in [0.29, 0.717) is 31.9 Å². The van der Waals surface area contributed by atoms with Crippen LogP contribution in [0.25, 0.3) is 10.6 Å². The van der Waals surface area contributed by atoms with Crippen molar-refractivity contribution in [3.8, 4) is 10.6 Å². The van der Waals surface area contributed by atoms with Gasteiger partial charge in [0.1, 0.15) is 10.8 Å². The van der Waals surface area contributed by atoms with E-state index in [9.17, 15) is 14.7 Å². The molecule has 7 nitrogen and oxygen atoms in total. The van der Waals surface area contributed by atoms with Gasteiger partial charge in [0.05, 0.1) is 22.2 Å². The van der Waals surface area contributed by atoms with Crippen LogP contribution in [0.3, 0.4) is 0 Å². The van der Waals surface area contributed by atoms with Crippen LogP contribution >= 0.6 is 22.9 Å². The minimum Gasteiger partial charge on any atom is -0.503 e. The molecule has 1 N–H and O–H groups in total. The van der Waals surface area contributed by atoms with Gasteiger partial charge in [-0.15, -0.1) is 11.3 Å². The second-order valence-electron chi connectivity index (χ2n) is 7.82. The number of halogens is 1. The van der Waals surface area contributed by atoms with Gasteiger partial charge in [0, 0.05) is 16.7 Å². The Balaban J connectivity index is 1.63. The van der Waals surface area contributed by atoms with Crippen LogP contribution in [-0.4, -0.2) is 26.9 Å². The van der Waals surface area contributed by atoms with Crippen molar-refractivity contribution in [1.82, 2.24) is 10.1 Å². The zero-order valence-electron chi connectivity index (χ0n) is 18.2. The number of aliphatic hydroxyl groups excluding tert-OH is 1. The van der Waals surface area contributed by atoms with E-state index in [0.717, 1.165) is 5.56 Å². The number of carbonyl (C=O) groups is 2. The highest BCUT2D eigenvalue weighted by Gasteiger charge is 2.46. The highest BCUT2D eigenvalue weighted by molar-refractivity contribution is 7.17. The van der Waals surface area contributed by atoms with E-state index < -0.39 is 23.5 Å². The highest BCUT2D eigenvalue weighted by atomic mass is 35.5. The molecule has 170 valence electrons. The van der Waals surface area contributed by atoms with Gasteiger partial charge >= 0.3 is 0 Å². The molecular weight excluding hydrogens is 474 g/mol. The number of hydrogen-bond acceptors (Lipinski definition) is 7. The summed E-state index contributed by atoms with van der Waals surface area (Å²) in [5.41, 5.74) is 1.95. The van der Waals surface area contributed by atoms with Gasteiger partial charge in [-0.3, -0.25) is 14.5 Å². The van der Waals surface area contributed by atoms with Crippen LogP contribution < -0.4 is 4.90 Å². The van der Waals surface area contributed by atoms with E-state index in [1.54, 1.807) is 44.2 Å². The number of anilines is 1. The Morgan fingerprint density at radius 1 is 1.12 bits per heavy atom. The van der Waals surface area contributed by atoms with Gasteiger partial charge in [0.25, 0.3) is 5.91 Å². The molecule has 4 aromatic rings. The molecule has 9 heteroatoms. The fourth-order valence-corrected chi connectivity index (χ4v) is 5.09. The van der Waals surface area contributed by atoms with Gasteiger partial charge in [-0.25, -0.2) is 4.98 Å². The monoisotopic (exact) mass is 491 g/mol. The normalized spacial score (nSPS) is 15.9. The number of benzene rings is 2. The average molecular weight is 492 g/mol. The summed E-state index contributed by atoms with van der Waals surface area (Å²) in [6.45, 7) is 3.43. The molecule has 0 fully saturated rings. The van der Waals surface area contributed by atoms with Crippen LogP contribution in [0.2, 0.25) is 5.02 Å². The molecule has 0 saturated heterocycles. The van der Waals surface area contributed by atoms with Crippen molar-refractivity contribution in [2.75, 3.05) is 4.90 Å². The van der Waals surface area contributed by atoms with Crippen molar-refractivity contribution in [3.63, 3.8) is 0 Å². The quantitative estimate of drug-likeness (QED) is 0.352. The Morgan fingerprint density at radius 2 is 1.82 bits per heavy atom. The first kappa shape index (κ1) is 22.1. The van der Waals surface area contributed by atoms with Crippen molar-refractivity contribution >= 4 is 40.4 Å². The van der Waals surface area contributed by atoms with Gasteiger partial charge in [0.2, 0.25) is 5.78 Å². The highest BCUT2D eigenvalue weighted by Crippen LogP contribution is 2.43. The molecular formula is C25H18ClN3O4S. The lowest BCUT2D eigenvalue weighted by Gasteiger charge is -2.24. The zero-order chi connectivity index (χ0) is 24.0. The first-order valence-corrected chi connectivity index (χ1v) is 11.6. The summed E-state index contributed by atoms with van der Waals surface area (Å²) in [5.74, 6) is -1.14. The lowest BCUT2D eigenvalue weighted by atomic mass is 9.95. The molecule has 34 heavy (non-hydrogen) atoms. The molecule has 1 amide bonds. The number of amides is 1. The van der Waals surface area contributed by atoms with Crippen LogP contribution in [0.4, 0.5) is 5.82 Å². The molecule has 0 radical (unpaired) electrons. The summed E-state index contributed by atoms with van der Waals surface area (Å²) < 4.78 is 5.16. The minimum atomic E-state index is -0.913. The number of aromatic nitrogens is 2. The summed E-state index contributed by atoms with van der Waals surface area (Å²) in [5, 5.41) is 16.0. The first-order valence-electron chi connectivity index (χ1n) is 10.4. The number of hydrogen-bond donors (Lipinski definition) is 1. The van der Waals surface area contributed by atoms with Gasteiger partial charge in [-0.05, 0) is 31.5 Å². The third-order valence-electron chi connectivity index (χ3n) is 5.52. The molecule has 0 bridgehead atoms. The van der Waals surface area contributed by atoms with Crippen LogP contribution in [-0.2, 0) is 4.79 Å². The summed E-state index contributed by atoms with van der Waals surface area (Å²) in [6.07, 6.45) is 0. The Labute approximate surface area is 203 Å². The first-order chi connectivity index (χ1) is 16.3. The van der Waals surface area contributed by atoms with Gasteiger partial charge < -0.3 is 9.63 Å².